The lowest BCUT2D eigenvalue weighted by Crippen LogP contribution is -2.15. The summed E-state index contributed by atoms with van der Waals surface area (Å²) >= 11 is 4.83. The smallest absolute Gasteiger partial charge is 0.103 e. The summed E-state index contributed by atoms with van der Waals surface area (Å²) in [6.45, 7) is 0. The van der Waals surface area contributed by atoms with Crippen LogP contribution in [0.4, 0.5) is 5.69 Å². The van der Waals surface area contributed by atoms with Gasteiger partial charge in [0.2, 0.25) is 0 Å². The van der Waals surface area contributed by atoms with E-state index in [1.54, 1.807) is 12.2 Å². The molecule has 0 saturated heterocycles. The maximum Gasteiger partial charge on any atom is 0.103 e. The lowest BCUT2D eigenvalue weighted by atomic mass is 10.2. The summed E-state index contributed by atoms with van der Waals surface area (Å²) in [5, 5.41) is 1.66. The van der Waals surface area contributed by atoms with Gasteiger partial charge in [0.05, 0.1) is 12.8 Å². The molecule has 0 aliphatic rings. The van der Waals surface area contributed by atoms with Gasteiger partial charge in [-0.15, -0.1) is 0 Å². The van der Waals surface area contributed by atoms with Crippen molar-refractivity contribution < 1.29 is 4.84 Å². The van der Waals surface area contributed by atoms with E-state index in [1.165, 1.54) is 0 Å². The molecule has 0 aliphatic heterocycles. The Labute approximate surface area is 83.1 Å². The SMILES string of the molecule is CON(C)c1ccc(C(N)=S)cc1. The van der Waals surface area contributed by atoms with Crippen molar-refractivity contribution in [3.05, 3.63) is 29.8 Å². The predicted molar refractivity (Wildman–Crippen MR) is 57.7 cm³/mol. The van der Waals surface area contributed by atoms with Gasteiger partial charge in [-0.1, -0.05) is 12.2 Å². The van der Waals surface area contributed by atoms with Crippen LogP contribution in [0.1, 0.15) is 5.56 Å². The fourth-order valence-electron chi connectivity index (χ4n) is 0.941. The van der Waals surface area contributed by atoms with Crippen LogP contribution in [0.15, 0.2) is 24.3 Å². The van der Waals surface area contributed by atoms with E-state index in [2.05, 4.69) is 0 Å². The molecule has 0 spiro atoms. The molecule has 0 bridgehead atoms. The van der Waals surface area contributed by atoms with Crippen molar-refractivity contribution in [1.29, 1.82) is 0 Å². The third-order valence-electron chi connectivity index (χ3n) is 1.79. The van der Waals surface area contributed by atoms with Gasteiger partial charge < -0.3 is 5.73 Å². The lowest BCUT2D eigenvalue weighted by molar-refractivity contribution is 0.185. The fraction of sp³-hybridized carbons (Fsp3) is 0.222. The molecular formula is C9H12N2OS. The summed E-state index contributed by atoms with van der Waals surface area (Å²) in [5.74, 6) is 0. The number of hydroxylamine groups is 1. The minimum atomic E-state index is 0.409. The number of thiocarbonyl (C=S) groups is 1. The van der Waals surface area contributed by atoms with Crippen LogP contribution < -0.4 is 10.8 Å². The number of hydrogen-bond acceptors (Lipinski definition) is 3. The van der Waals surface area contributed by atoms with E-state index in [1.807, 2.05) is 31.3 Å². The van der Waals surface area contributed by atoms with Gasteiger partial charge >= 0.3 is 0 Å². The highest BCUT2D eigenvalue weighted by Gasteiger charge is 1.99. The monoisotopic (exact) mass is 196 g/mol. The minimum absolute atomic E-state index is 0.409. The zero-order valence-electron chi connectivity index (χ0n) is 7.65. The number of hydrogen-bond donors (Lipinski definition) is 1. The summed E-state index contributed by atoms with van der Waals surface area (Å²) in [6.07, 6.45) is 0. The van der Waals surface area contributed by atoms with Crippen LogP contribution in [0, 0.1) is 0 Å². The fourth-order valence-corrected chi connectivity index (χ4v) is 1.08. The molecule has 0 atom stereocenters. The van der Waals surface area contributed by atoms with Crippen molar-refractivity contribution in [2.75, 3.05) is 19.2 Å². The van der Waals surface area contributed by atoms with Gasteiger partial charge in [-0.05, 0) is 24.3 Å². The Balaban J connectivity index is 2.87. The predicted octanol–water partition coefficient (Wildman–Crippen LogP) is 1.32. The first-order valence-corrected chi connectivity index (χ1v) is 4.23. The molecule has 0 heterocycles. The summed E-state index contributed by atoms with van der Waals surface area (Å²) in [4.78, 5) is 5.41. The lowest BCUT2D eigenvalue weighted by Gasteiger charge is -2.15. The highest BCUT2D eigenvalue weighted by atomic mass is 32.1. The Morgan fingerprint density at radius 3 is 2.31 bits per heavy atom. The number of anilines is 1. The molecule has 1 rings (SSSR count). The van der Waals surface area contributed by atoms with E-state index in [4.69, 9.17) is 22.8 Å². The maximum absolute atomic E-state index is 5.46. The Bertz CT molecular complexity index is 297. The van der Waals surface area contributed by atoms with Crippen molar-refractivity contribution in [3.8, 4) is 0 Å². The number of benzene rings is 1. The van der Waals surface area contributed by atoms with Crippen LogP contribution in [0.5, 0.6) is 0 Å². The van der Waals surface area contributed by atoms with Crippen LogP contribution >= 0.6 is 12.2 Å². The van der Waals surface area contributed by atoms with Crippen LogP contribution in [0.3, 0.4) is 0 Å². The van der Waals surface area contributed by atoms with Crippen LogP contribution in [0.2, 0.25) is 0 Å². The van der Waals surface area contributed by atoms with Crippen molar-refractivity contribution in [2.24, 2.45) is 5.73 Å². The third-order valence-corrected chi connectivity index (χ3v) is 2.02. The van der Waals surface area contributed by atoms with E-state index in [0.717, 1.165) is 11.3 Å². The average Bonchev–Trinajstić information content (AvgIpc) is 2.17. The van der Waals surface area contributed by atoms with E-state index in [0.29, 0.717) is 4.99 Å². The number of rotatable bonds is 3. The molecule has 0 aliphatic carbocycles. The van der Waals surface area contributed by atoms with Crippen LogP contribution in [-0.4, -0.2) is 19.1 Å². The second-order valence-corrected chi connectivity index (χ2v) is 3.03. The zero-order valence-corrected chi connectivity index (χ0v) is 8.47. The van der Waals surface area contributed by atoms with Gasteiger partial charge in [0.25, 0.3) is 0 Å². The van der Waals surface area contributed by atoms with Crippen molar-refractivity contribution in [1.82, 2.24) is 0 Å². The van der Waals surface area contributed by atoms with Gasteiger partial charge in [-0.2, -0.15) is 0 Å². The van der Waals surface area contributed by atoms with Gasteiger partial charge in [0.15, 0.2) is 0 Å². The second kappa shape index (κ2) is 4.20. The Hall–Kier alpha value is -1.13. The van der Waals surface area contributed by atoms with Gasteiger partial charge in [-0.25, -0.2) is 0 Å². The number of nitrogens with zero attached hydrogens (tertiary/aromatic N) is 1. The number of nitrogens with two attached hydrogens (primary N) is 1. The maximum atomic E-state index is 5.46. The topological polar surface area (TPSA) is 38.5 Å². The van der Waals surface area contributed by atoms with Crippen LogP contribution in [-0.2, 0) is 4.84 Å². The Morgan fingerprint density at radius 1 is 1.38 bits per heavy atom. The second-order valence-electron chi connectivity index (χ2n) is 2.59. The van der Waals surface area contributed by atoms with Crippen molar-refractivity contribution in [3.63, 3.8) is 0 Å². The summed E-state index contributed by atoms with van der Waals surface area (Å²) < 4.78 is 0. The standard InChI is InChI=1S/C9H12N2OS/c1-11(12-2)8-5-3-7(4-6-8)9(10)13/h3-6H,1-2H3,(H2,10,13). The van der Waals surface area contributed by atoms with E-state index < -0.39 is 0 Å². The molecular weight excluding hydrogens is 184 g/mol. The molecule has 0 amide bonds. The largest absolute Gasteiger partial charge is 0.389 e. The van der Waals surface area contributed by atoms with Gasteiger partial charge in [0.1, 0.15) is 4.99 Å². The normalized spacial score (nSPS) is 9.69. The average molecular weight is 196 g/mol. The first-order chi connectivity index (χ1) is 6.15. The van der Waals surface area contributed by atoms with Crippen molar-refractivity contribution in [2.45, 2.75) is 0 Å². The molecule has 3 nitrogen and oxygen atoms in total. The quantitative estimate of drug-likeness (QED) is 0.584. The summed E-state index contributed by atoms with van der Waals surface area (Å²) in [6, 6.07) is 7.54. The molecule has 1 aromatic rings. The summed E-state index contributed by atoms with van der Waals surface area (Å²) in [5.41, 5.74) is 7.28. The molecule has 4 heteroatoms. The van der Waals surface area contributed by atoms with E-state index in [-0.39, 0.29) is 0 Å². The molecule has 0 unspecified atom stereocenters. The molecule has 13 heavy (non-hydrogen) atoms. The summed E-state index contributed by atoms with van der Waals surface area (Å²) in [7, 11) is 3.44. The molecule has 0 aromatic heterocycles. The molecule has 0 radical (unpaired) electrons. The van der Waals surface area contributed by atoms with Crippen molar-refractivity contribution >= 4 is 22.9 Å². The highest BCUT2D eigenvalue weighted by Crippen LogP contribution is 2.13. The van der Waals surface area contributed by atoms with E-state index >= 15 is 0 Å². The first kappa shape index (κ1) is 9.95. The Morgan fingerprint density at radius 2 is 1.92 bits per heavy atom. The zero-order chi connectivity index (χ0) is 9.84. The molecule has 70 valence electrons. The molecule has 0 fully saturated rings. The molecule has 0 saturated carbocycles. The van der Waals surface area contributed by atoms with Gasteiger partial charge in [-0.3, -0.25) is 9.90 Å². The molecule has 2 N–H and O–H groups in total. The first-order valence-electron chi connectivity index (χ1n) is 3.83. The van der Waals surface area contributed by atoms with E-state index in [9.17, 15) is 0 Å². The Kier molecular flexibility index (Phi) is 3.22. The molecule has 1 aromatic carbocycles. The third kappa shape index (κ3) is 2.40. The highest BCUT2D eigenvalue weighted by molar-refractivity contribution is 7.80. The van der Waals surface area contributed by atoms with Crippen LogP contribution in [0.25, 0.3) is 0 Å². The van der Waals surface area contributed by atoms with Gasteiger partial charge in [0, 0.05) is 12.6 Å². The minimum Gasteiger partial charge on any atom is -0.389 e.